The molecule has 4 nitrogen and oxygen atoms in total. The summed E-state index contributed by atoms with van der Waals surface area (Å²) in [5.41, 5.74) is 4.51. The quantitative estimate of drug-likeness (QED) is 0.489. The maximum Gasteiger partial charge on any atom is 0.254 e. The van der Waals surface area contributed by atoms with Gasteiger partial charge < -0.3 is 10.2 Å². The van der Waals surface area contributed by atoms with Gasteiger partial charge in [0.15, 0.2) is 0 Å². The summed E-state index contributed by atoms with van der Waals surface area (Å²) in [7, 11) is 0. The van der Waals surface area contributed by atoms with Crippen molar-refractivity contribution in [1.29, 1.82) is 0 Å². The molecule has 0 aliphatic rings. The van der Waals surface area contributed by atoms with Crippen LogP contribution in [-0.2, 0) is 6.54 Å². The largest absolute Gasteiger partial charge is 0.352 e. The monoisotopic (exact) mass is 420 g/mol. The van der Waals surface area contributed by atoms with Crippen molar-refractivity contribution in [2.24, 2.45) is 0 Å². The number of rotatable bonds is 9. The summed E-state index contributed by atoms with van der Waals surface area (Å²) in [5, 5.41) is 7.06. The van der Waals surface area contributed by atoms with Crippen molar-refractivity contribution in [2.45, 2.75) is 33.2 Å². The van der Waals surface area contributed by atoms with Crippen LogP contribution in [0.5, 0.6) is 0 Å². The first-order valence-electron chi connectivity index (χ1n) is 10.4. The van der Waals surface area contributed by atoms with Gasteiger partial charge in [0.05, 0.1) is 0 Å². The van der Waals surface area contributed by atoms with Crippen LogP contribution in [0.25, 0.3) is 11.1 Å². The summed E-state index contributed by atoms with van der Waals surface area (Å²) < 4.78 is 0. The second-order valence-electron chi connectivity index (χ2n) is 7.28. The van der Waals surface area contributed by atoms with Crippen LogP contribution in [0.3, 0.4) is 0 Å². The van der Waals surface area contributed by atoms with Gasteiger partial charge in [-0.15, -0.1) is 0 Å². The minimum atomic E-state index is -0.142. The molecule has 0 aliphatic heterocycles. The van der Waals surface area contributed by atoms with Gasteiger partial charge in [-0.3, -0.25) is 9.59 Å². The van der Waals surface area contributed by atoms with Crippen molar-refractivity contribution in [3.05, 3.63) is 82.0 Å². The van der Waals surface area contributed by atoms with Crippen molar-refractivity contribution in [3.63, 3.8) is 0 Å². The number of thiophene rings is 1. The Bertz CT molecular complexity index is 982. The molecule has 3 rings (SSSR count). The van der Waals surface area contributed by atoms with E-state index in [1.54, 1.807) is 35.6 Å². The van der Waals surface area contributed by atoms with Gasteiger partial charge in [0.2, 0.25) is 0 Å². The van der Waals surface area contributed by atoms with Crippen LogP contribution in [0.4, 0.5) is 0 Å². The van der Waals surface area contributed by atoms with Gasteiger partial charge in [-0.05, 0) is 70.6 Å². The Hall–Kier alpha value is -2.92. The topological polar surface area (TPSA) is 49.4 Å². The lowest BCUT2D eigenvalue weighted by molar-refractivity contribution is 0.0743. The zero-order valence-corrected chi connectivity index (χ0v) is 18.4. The predicted octanol–water partition coefficient (Wildman–Crippen LogP) is 5.61. The molecule has 0 radical (unpaired) electrons. The molecule has 0 unspecified atom stereocenters. The highest BCUT2D eigenvalue weighted by Gasteiger charge is 2.17. The number of hydrogen-bond donors (Lipinski definition) is 1. The van der Waals surface area contributed by atoms with Gasteiger partial charge in [-0.2, -0.15) is 11.3 Å². The van der Waals surface area contributed by atoms with Crippen molar-refractivity contribution < 1.29 is 9.59 Å². The Labute approximate surface area is 182 Å². The average Bonchev–Trinajstić information content (AvgIpc) is 3.32. The van der Waals surface area contributed by atoms with Gasteiger partial charge in [0.1, 0.15) is 0 Å². The molecule has 0 fully saturated rings. The summed E-state index contributed by atoms with van der Waals surface area (Å²) in [4.78, 5) is 27.4. The Kier molecular flexibility index (Phi) is 7.80. The summed E-state index contributed by atoms with van der Waals surface area (Å²) >= 11 is 1.68. The van der Waals surface area contributed by atoms with E-state index in [9.17, 15) is 9.59 Å². The molecule has 5 heteroatoms. The minimum absolute atomic E-state index is 0.0528. The number of nitrogens with zero attached hydrogens (tertiary/aromatic N) is 1. The van der Waals surface area contributed by atoms with E-state index in [1.807, 2.05) is 17.9 Å². The van der Waals surface area contributed by atoms with E-state index in [1.165, 1.54) is 5.56 Å². The van der Waals surface area contributed by atoms with Gasteiger partial charge in [-0.1, -0.05) is 38.1 Å². The molecule has 1 heterocycles. The lowest BCUT2D eigenvalue weighted by Crippen LogP contribution is -2.31. The summed E-state index contributed by atoms with van der Waals surface area (Å²) in [5.74, 6) is -0.195. The Morgan fingerprint density at radius 2 is 1.73 bits per heavy atom. The first kappa shape index (κ1) is 21.8. The van der Waals surface area contributed by atoms with Crippen LogP contribution in [0.1, 0.15) is 53.0 Å². The summed E-state index contributed by atoms with van der Waals surface area (Å²) in [6.45, 7) is 5.90. The number of carbonyl (C=O) groups excluding carboxylic acids is 2. The van der Waals surface area contributed by atoms with E-state index in [4.69, 9.17) is 0 Å². The third-order valence-corrected chi connectivity index (χ3v) is 5.53. The zero-order valence-electron chi connectivity index (χ0n) is 17.6. The Morgan fingerprint density at radius 3 is 2.47 bits per heavy atom. The third kappa shape index (κ3) is 5.57. The highest BCUT2D eigenvalue weighted by atomic mass is 32.1. The molecule has 0 bridgehead atoms. The van der Waals surface area contributed by atoms with Crippen LogP contribution in [-0.4, -0.2) is 29.8 Å². The molecule has 2 aromatic carbocycles. The predicted molar refractivity (Wildman–Crippen MR) is 124 cm³/mol. The molecule has 0 saturated carbocycles. The normalized spacial score (nSPS) is 10.6. The number of hydrogen-bond acceptors (Lipinski definition) is 3. The van der Waals surface area contributed by atoms with E-state index < -0.39 is 0 Å². The van der Waals surface area contributed by atoms with Gasteiger partial charge in [-0.25, -0.2) is 0 Å². The standard InChI is InChI=1S/C25H28N2O2S/c1-3-12-26-24(28)21-9-6-10-22(16-21)25(29)27(13-4-2)17-19-7-5-8-20(15-19)23-11-14-30-18-23/h5-11,14-16,18H,3-4,12-13,17H2,1-2H3,(H,26,28). The Morgan fingerprint density at radius 1 is 0.933 bits per heavy atom. The fraction of sp³-hybridized carbons (Fsp3) is 0.280. The van der Waals surface area contributed by atoms with Crippen LogP contribution >= 0.6 is 11.3 Å². The smallest absolute Gasteiger partial charge is 0.254 e. The van der Waals surface area contributed by atoms with E-state index in [-0.39, 0.29) is 11.8 Å². The average molecular weight is 421 g/mol. The molecule has 0 saturated heterocycles. The van der Waals surface area contributed by atoms with Crippen LogP contribution in [0.2, 0.25) is 0 Å². The molecule has 1 N–H and O–H groups in total. The van der Waals surface area contributed by atoms with Gasteiger partial charge in [0.25, 0.3) is 11.8 Å². The molecule has 2 amide bonds. The summed E-state index contributed by atoms with van der Waals surface area (Å²) in [6, 6.07) is 17.4. The Balaban J connectivity index is 1.79. The van der Waals surface area contributed by atoms with E-state index in [0.717, 1.165) is 24.0 Å². The highest BCUT2D eigenvalue weighted by molar-refractivity contribution is 7.08. The molecule has 0 aliphatic carbocycles. The minimum Gasteiger partial charge on any atom is -0.352 e. The third-order valence-electron chi connectivity index (χ3n) is 4.84. The lowest BCUT2D eigenvalue weighted by atomic mass is 10.0. The van der Waals surface area contributed by atoms with E-state index in [0.29, 0.717) is 30.8 Å². The number of amides is 2. The zero-order chi connectivity index (χ0) is 21.3. The molecular weight excluding hydrogens is 392 g/mol. The van der Waals surface area contributed by atoms with Crippen molar-refractivity contribution in [1.82, 2.24) is 10.2 Å². The molecule has 0 atom stereocenters. The summed E-state index contributed by atoms with van der Waals surface area (Å²) in [6.07, 6.45) is 1.74. The maximum atomic E-state index is 13.2. The maximum absolute atomic E-state index is 13.2. The fourth-order valence-electron chi connectivity index (χ4n) is 3.34. The molecular formula is C25H28N2O2S. The number of carbonyl (C=O) groups is 2. The van der Waals surface area contributed by atoms with Crippen LogP contribution in [0, 0.1) is 0 Å². The van der Waals surface area contributed by atoms with Crippen LogP contribution in [0.15, 0.2) is 65.4 Å². The van der Waals surface area contributed by atoms with Crippen molar-refractivity contribution >= 4 is 23.2 Å². The van der Waals surface area contributed by atoms with E-state index >= 15 is 0 Å². The molecule has 156 valence electrons. The van der Waals surface area contributed by atoms with E-state index in [2.05, 4.69) is 47.3 Å². The van der Waals surface area contributed by atoms with Crippen molar-refractivity contribution in [2.75, 3.05) is 13.1 Å². The highest BCUT2D eigenvalue weighted by Crippen LogP contribution is 2.24. The number of nitrogens with one attached hydrogen (secondary N) is 1. The molecule has 3 aromatic rings. The number of benzene rings is 2. The first-order chi connectivity index (χ1) is 14.6. The fourth-order valence-corrected chi connectivity index (χ4v) is 4.00. The lowest BCUT2D eigenvalue weighted by Gasteiger charge is -2.23. The van der Waals surface area contributed by atoms with Gasteiger partial charge in [0, 0.05) is 30.8 Å². The van der Waals surface area contributed by atoms with Gasteiger partial charge >= 0.3 is 0 Å². The molecule has 0 spiro atoms. The molecule has 1 aromatic heterocycles. The second kappa shape index (κ2) is 10.7. The molecule has 30 heavy (non-hydrogen) atoms. The van der Waals surface area contributed by atoms with Crippen LogP contribution < -0.4 is 5.32 Å². The van der Waals surface area contributed by atoms with Crippen molar-refractivity contribution in [3.8, 4) is 11.1 Å². The SMILES string of the molecule is CCCNC(=O)c1cccc(C(=O)N(CCC)Cc2cccc(-c3ccsc3)c2)c1. The second-order valence-corrected chi connectivity index (χ2v) is 8.06. The first-order valence-corrected chi connectivity index (χ1v) is 11.4.